The van der Waals surface area contributed by atoms with Crippen molar-refractivity contribution < 1.29 is 14.3 Å². The molecule has 0 aliphatic carbocycles. The summed E-state index contributed by atoms with van der Waals surface area (Å²) >= 11 is 0. The summed E-state index contributed by atoms with van der Waals surface area (Å²) in [6.07, 6.45) is 0. The fourth-order valence-corrected chi connectivity index (χ4v) is 1.74. The molecule has 4 heteroatoms. The van der Waals surface area contributed by atoms with E-state index in [1.807, 2.05) is 6.92 Å². The number of nitrogens with zero attached hydrogens (tertiary/aromatic N) is 1. The summed E-state index contributed by atoms with van der Waals surface area (Å²) in [6.45, 7) is 3.53. The highest BCUT2D eigenvalue weighted by atomic mass is 16.4. The summed E-state index contributed by atoms with van der Waals surface area (Å²) in [6, 6.07) is 8.43. The summed E-state index contributed by atoms with van der Waals surface area (Å²) in [5.74, 6) is 1.14. The summed E-state index contributed by atoms with van der Waals surface area (Å²) in [7, 11) is 1.64. The highest BCUT2D eigenvalue weighted by Crippen LogP contribution is 2.23. The van der Waals surface area contributed by atoms with Gasteiger partial charge in [0, 0.05) is 24.2 Å². The summed E-state index contributed by atoms with van der Waals surface area (Å²) < 4.78 is 5.40. The van der Waals surface area contributed by atoms with E-state index < -0.39 is 0 Å². The minimum atomic E-state index is -0.210. The van der Waals surface area contributed by atoms with Crippen molar-refractivity contribution in [3.63, 3.8) is 0 Å². The van der Waals surface area contributed by atoms with Crippen LogP contribution in [0.15, 0.2) is 34.7 Å². The minimum Gasteiger partial charge on any atom is -0.508 e. The number of carbonyl (C=O) groups excluding carboxylic acids is 1. The molecule has 1 amide bonds. The van der Waals surface area contributed by atoms with E-state index in [0.29, 0.717) is 17.0 Å². The maximum atomic E-state index is 12.3. The predicted octanol–water partition coefficient (Wildman–Crippen LogP) is 2.88. The van der Waals surface area contributed by atoms with E-state index in [-0.39, 0.29) is 11.7 Å². The lowest BCUT2D eigenvalue weighted by atomic mass is 10.1. The van der Waals surface area contributed by atoms with Crippen LogP contribution in [-0.2, 0) is 0 Å². The molecule has 2 rings (SSSR count). The highest BCUT2D eigenvalue weighted by molar-refractivity contribution is 6.06. The van der Waals surface area contributed by atoms with Gasteiger partial charge in [0.2, 0.25) is 5.88 Å². The van der Waals surface area contributed by atoms with Crippen molar-refractivity contribution in [2.24, 2.45) is 0 Å². The topological polar surface area (TPSA) is 53.7 Å². The van der Waals surface area contributed by atoms with Gasteiger partial charge in [0.1, 0.15) is 11.5 Å². The highest BCUT2D eigenvalue weighted by Gasteiger charge is 2.18. The summed E-state index contributed by atoms with van der Waals surface area (Å²) in [4.78, 5) is 13.7. The molecule has 0 saturated carbocycles. The molecular weight excluding hydrogens is 230 g/mol. The van der Waals surface area contributed by atoms with Crippen LogP contribution in [0.3, 0.4) is 0 Å². The number of phenols is 1. The standard InChI is InChI=1S/C14H15NO3/c1-9-7-8-13(18-9)15(3)14(17)11-5-4-6-12(16)10(11)2/h4-8,16H,1-3H3. The zero-order valence-corrected chi connectivity index (χ0v) is 10.6. The van der Waals surface area contributed by atoms with Gasteiger partial charge in [-0.15, -0.1) is 0 Å². The van der Waals surface area contributed by atoms with Crippen LogP contribution in [0.1, 0.15) is 21.7 Å². The Morgan fingerprint density at radius 3 is 2.56 bits per heavy atom. The lowest BCUT2D eigenvalue weighted by Crippen LogP contribution is -2.26. The van der Waals surface area contributed by atoms with Crippen molar-refractivity contribution in [1.29, 1.82) is 0 Å². The molecule has 0 spiro atoms. The monoisotopic (exact) mass is 245 g/mol. The number of carbonyl (C=O) groups is 1. The molecule has 0 radical (unpaired) electrons. The predicted molar refractivity (Wildman–Crippen MR) is 69.0 cm³/mol. The zero-order chi connectivity index (χ0) is 13.3. The maximum Gasteiger partial charge on any atom is 0.260 e. The Morgan fingerprint density at radius 2 is 1.94 bits per heavy atom. The number of aryl methyl sites for hydroxylation is 1. The maximum absolute atomic E-state index is 12.3. The number of phenolic OH excluding ortho intramolecular Hbond substituents is 1. The molecule has 0 unspecified atom stereocenters. The normalized spacial score (nSPS) is 10.4. The molecule has 18 heavy (non-hydrogen) atoms. The number of furan rings is 1. The fourth-order valence-electron chi connectivity index (χ4n) is 1.74. The lowest BCUT2D eigenvalue weighted by molar-refractivity contribution is 0.0988. The Labute approximate surface area is 105 Å². The number of aromatic hydroxyl groups is 1. The van der Waals surface area contributed by atoms with Gasteiger partial charge in [-0.1, -0.05) is 6.07 Å². The third-order valence-corrected chi connectivity index (χ3v) is 2.90. The fraction of sp³-hybridized carbons (Fsp3) is 0.214. The van der Waals surface area contributed by atoms with Gasteiger partial charge in [-0.3, -0.25) is 9.69 Å². The van der Waals surface area contributed by atoms with E-state index in [0.717, 1.165) is 5.76 Å². The van der Waals surface area contributed by atoms with Crippen LogP contribution in [0.4, 0.5) is 5.88 Å². The Morgan fingerprint density at radius 1 is 1.22 bits per heavy atom. The molecular formula is C14H15NO3. The van der Waals surface area contributed by atoms with Gasteiger partial charge in [-0.2, -0.15) is 0 Å². The van der Waals surface area contributed by atoms with Crippen molar-refractivity contribution in [2.45, 2.75) is 13.8 Å². The van der Waals surface area contributed by atoms with E-state index in [1.54, 1.807) is 44.3 Å². The molecule has 0 aliphatic rings. The first-order chi connectivity index (χ1) is 8.50. The van der Waals surface area contributed by atoms with Crippen LogP contribution >= 0.6 is 0 Å². The third-order valence-electron chi connectivity index (χ3n) is 2.90. The number of anilines is 1. The lowest BCUT2D eigenvalue weighted by Gasteiger charge is -2.15. The van der Waals surface area contributed by atoms with E-state index >= 15 is 0 Å². The quantitative estimate of drug-likeness (QED) is 0.885. The first kappa shape index (κ1) is 12.2. The van der Waals surface area contributed by atoms with Crippen LogP contribution in [-0.4, -0.2) is 18.1 Å². The molecule has 1 aromatic carbocycles. The van der Waals surface area contributed by atoms with Crippen molar-refractivity contribution in [2.75, 3.05) is 11.9 Å². The zero-order valence-electron chi connectivity index (χ0n) is 10.6. The second-order valence-electron chi connectivity index (χ2n) is 4.20. The number of amides is 1. The van der Waals surface area contributed by atoms with Crippen molar-refractivity contribution in [3.05, 3.63) is 47.2 Å². The van der Waals surface area contributed by atoms with Crippen LogP contribution in [0, 0.1) is 13.8 Å². The minimum absolute atomic E-state index is 0.116. The number of hydrogen-bond acceptors (Lipinski definition) is 3. The summed E-state index contributed by atoms with van der Waals surface area (Å²) in [5.41, 5.74) is 1.03. The Hall–Kier alpha value is -2.23. The van der Waals surface area contributed by atoms with Crippen molar-refractivity contribution in [3.8, 4) is 5.75 Å². The molecule has 0 fully saturated rings. The average Bonchev–Trinajstić information content (AvgIpc) is 2.77. The third kappa shape index (κ3) is 2.09. The molecule has 0 bridgehead atoms. The van der Waals surface area contributed by atoms with Gasteiger partial charge in [0.25, 0.3) is 5.91 Å². The Bertz CT molecular complexity index is 586. The smallest absolute Gasteiger partial charge is 0.260 e. The molecule has 1 aromatic heterocycles. The molecule has 0 saturated heterocycles. The first-order valence-electron chi connectivity index (χ1n) is 5.64. The summed E-state index contributed by atoms with van der Waals surface area (Å²) in [5, 5.41) is 9.61. The molecule has 94 valence electrons. The molecule has 2 aromatic rings. The van der Waals surface area contributed by atoms with E-state index in [4.69, 9.17) is 4.42 Å². The van der Waals surface area contributed by atoms with Gasteiger partial charge in [-0.05, 0) is 32.0 Å². The van der Waals surface area contributed by atoms with Crippen LogP contribution in [0.25, 0.3) is 0 Å². The average molecular weight is 245 g/mol. The van der Waals surface area contributed by atoms with Gasteiger partial charge >= 0.3 is 0 Å². The van der Waals surface area contributed by atoms with E-state index in [1.165, 1.54) is 4.90 Å². The second kappa shape index (κ2) is 4.56. The molecule has 1 N–H and O–H groups in total. The second-order valence-corrected chi connectivity index (χ2v) is 4.20. The van der Waals surface area contributed by atoms with Gasteiger partial charge < -0.3 is 9.52 Å². The van der Waals surface area contributed by atoms with Crippen LogP contribution < -0.4 is 4.90 Å². The Kier molecular flexibility index (Phi) is 3.10. The Balaban J connectivity index is 2.34. The SMILES string of the molecule is Cc1ccc(N(C)C(=O)c2cccc(O)c2C)o1. The first-order valence-corrected chi connectivity index (χ1v) is 5.64. The van der Waals surface area contributed by atoms with Gasteiger partial charge in [0.15, 0.2) is 0 Å². The van der Waals surface area contributed by atoms with Gasteiger partial charge in [0.05, 0.1) is 0 Å². The van der Waals surface area contributed by atoms with E-state index in [9.17, 15) is 9.90 Å². The molecule has 0 atom stereocenters. The van der Waals surface area contributed by atoms with Crippen LogP contribution in [0.2, 0.25) is 0 Å². The van der Waals surface area contributed by atoms with Gasteiger partial charge in [-0.25, -0.2) is 0 Å². The van der Waals surface area contributed by atoms with Crippen LogP contribution in [0.5, 0.6) is 5.75 Å². The number of rotatable bonds is 2. The van der Waals surface area contributed by atoms with Crippen molar-refractivity contribution in [1.82, 2.24) is 0 Å². The molecule has 1 heterocycles. The number of benzene rings is 1. The van der Waals surface area contributed by atoms with Crippen molar-refractivity contribution >= 4 is 11.8 Å². The van der Waals surface area contributed by atoms with E-state index in [2.05, 4.69) is 0 Å². The molecule has 0 aliphatic heterocycles. The largest absolute Gasteiger partial charge is 0.508 e. The number of hydrogen-bond donors (Lipinski definition) is 1. The molecule has 4 nitrogen and oxygen atoms in total.